The third kappa shape index (κ3) is 10.8. The van der Waals surface area contributed by atoms with Crippen LogP contribution < -0.4 is 33.2 Å². The van der Waals surface area contributed by atoms with Gasteiger partial charge in [-0.3, -0.25) is 19.2 Å². The van der Waals surface area contributed by atoms with Gasteiger partial charge in [-0.25, -0.2) is 9.78 Å². The maximum Gasteiger partial charge on any atom is 0.326 e. The van der Waals surface area contributed by atoms with Gasteiger partial charge >= 0.3 is 5.97 Å². The molecule has 11 N–H and O–H groups in total. The fourth-order valence-electron chi connectivity index (χ4n) is 3.34. The first-order chi connectivity index (χ1) is 17.0. The van der Waals surface area contributed by atoms with Crippen molar-refractivity contribution >= 4 is 29.6 Å². The molecule has 0 spiro atoms. The summed E-state index contributed by atoms with van der Waals surface area (Å²) in [5, 5.41) is 16.9. The largest absolute Gasteiger partial charge is 0.480 e. The number of unbranched alkanes of at least 4 members (excludes halogenated alkanes) is 1. The molecule has 1 aromatic heterocycles. The molecule has 4 unspecified atom stereocenters. The first-order valence-corrected chi connectivity index (χ1v) is 11.8. The van der Waals surface area contributed by atoms with Crippen LogP contribution in [0.25, 0.3) is 0 Å². The van der Waals surface area contributed by atoms with E-state index >= 15 is 0 Å². The molecule has 0 fully saturated rings. The quantitative estimate of drug-likeness (QED) is 0.106. The van der Waals surface area contributed by atoms with Gasteiger partial charge in [0.1, 0.15) is 18.1 Å². The third-order valence-corrected chi connectivity index (χ3v) is 5.46. The summed E-state index contributed by atoms with van der Waals surface area (Å²) in [5.41, 5.74) is 17.2. The van der Waals surface area contributed by atoms with Gasteiger partial charge in [0.25, 0.3) is 0 Å². The minimum absolute atomic E-state index is 0.0149. The van der Waals surface area contributed by atoms with Crippen molar-refractivity contribution in [3.8, 4) is 0 Å². The summed E-state index contributed by atoms with van der Waals surface area (Å²) < 4.78 is 0. The molecule has 0 aliphatic carbocycles. The smallest absolute Gasteiger partial charge is 0.326 e. The second-order valence-electron chi connectivity index (χ2n) is 8.87. The van der Waals surface area contributed by atoms with Crippen LogP contribution in [0.15, 0.2) is 12.5 Å². The Morgan fingerprint density at radius 1 is 1.00 bits per heavy atom. The van der Waals surface area contributed by atoms with Crippen LogP contribution in [-0.4, -0.2) is 75.4 Å². The lowest BCUT2D eigenvalue weighted by atomic mass is 10.0. The molecule has 1 rings (SSSR count). The second-order valence-corrected chi connectivity index (χ2v) is 8.87. The third-order valence-electron chi connectivity index (χ3n) is 5.46. The molecule has 0 aromatic carbocycles. The second kappa shape index (κ2) is 15.5. The van der Waals surface area contributed by atoms with Crippen molar-refractivity contribution < 1.29 is 29.1 Å². The molecule has 0 bridgehead atoms. The van der Waals surface area contributed by atoms with Gasteiger partial charge in [0.2, 0.25) is 23.6 Å². The van der Waals surface area contributed by atoms with Crippen molar-refractivity contribution in [1.29, 1.82) is 0 Å². The lowest BCUT2D eigenvalue weighted by Crippen LogP contribution is -2.58. The van der Waals surface area contributed by atoms with E-state index in [0.717, 1.165) is 0 Å². The molecule has 14 heteroatoms. The van der Waals surface area contributed by atoms with E-state index in [0.29, 0.717) is 31.5 Å². The number of carbonyl (C=O) groups excluding carboxylic acids is 4. The van der Waals surface area contributed by atoms with Crippen LogP contribution in [0.5, 0.6) is 0 Å². The maximum atomic E-state index is 13.2. The van der Waals surface area contributed by atoms with E-state index in [1.807, 2.05) is 0 Å². The molecule has 202 valence electrons. The lowest BCUT2D eigenvalue weighted by Gasteiger charge is -2.26. The summed E-state index contributed by atoms with van der Waals surface area (Å²) >= 11 is 0. The monoisotopic (exact) mass is 510 g/mol. The summed E-state index contributed by atoms with van der Waals surface area (Å²) in [5.74, 6) is -4.47. The number of aromatic nitrogens is 2. The van der Waals surface area contributed by atoms with Gasteiger partial charge in [0.15, 0.2) is 0 Å². The molecule has 1 heterocycles. The lowest BCUT2D eigenvalue weighted by molar-refractivity contribution is -0.143. The first-order valence-electron chi connectivity index (χ1n) is 11.8. The number of carboxylic acid groups (broad SMARTS) is 1. The molecule has 4 amide bonds. The van der Waals surface area contributed by atoms with Crippen molar-refractivity contribution in [1.82, 2.24) is 25.9 Å². The van der Waals surface area contributed by atoms with Crippen molar-refractivity contribution in [3.63, 3.8) is 0 Å². The highest BCUT2D eigenvalue weighted by atomic mass is 16.4. The van der Waals surface area contributed by atoms with Gasteiger partial charge in [-0.1, -0.05) is 20.3 Å². The van der Waals surface area contributed by atoms with Crippen molar-refractivity contribution in [2.75, 3.05) is 6.54 Å². The number of carboxylic acids is 1. The van der Waals surface area contributed by atoms with E-state index in [2.05, 4.69) is 25.9 Å². The number of aliphatic carboxylic acids is 1. The van der Waals surface area contributed by atoms with Crippen molar-refractivity contribution in [2.24, 2.45) is 23.1 Å². The van der Waals surface area contributed by atoms with Crippen LogP contribution in [0, 0.1) is 5.92 Å². The Morgan fingerprint density at radius 3 is 2.17 bits per heavy atom. The Bertz CT molecular complexity index is 876. The highest BCUT2D eigenvalue weighted by Gasteiger charge is 2.31. The SMILES string of the molecule is CC(C)C(NC(=O)C(CCC(N)=O)NC(=O)C(Cc1cnc[nH]1)NC(=O)C(N)CCCCN)C(=O)O. The predicted molar refractivity (Wildman–Crippen MR) is 130 cm³/mol. The number of aromatic amines is 1. The highest BCUT2D eigenvalue weighted by Crippen LogP contribution is 2.07. The van der Waals surface area contributed by atoms with Crippen LogP contribution in [0.2, 0.25) is 0 Å². The highest BCUT2D eigenvalue weighted by molar-refractivity contribution is 5.94. The minimum Gasteiger partial charge on any atom is -0.480 e. The van der Waals surface area contributed by atoms with E-state index in [9.17, 15) is 29.1 Å². The Hall–Kier alpha value is -3.52. The summed E-state index contributed by atoms with van der Waals surface area (Å²) in [6.45, 7) is 3.69. The van der Waals surface area contributed by atoms with E-state index in [4.69, 9.17) is 17.2 Å². The number of imidazole rings is 1. The summed E-state index contributed by atoms with van der Waals surface area (Å²) in [7, 11) is 0. The van der Waals surface area contributed by atoms with Crippen LogP contribution in [0.3, 0.4) is 0 Å². The molecule has 36 heavy (non-hydrogen) atoms. The molecule has 0 aliphatic rings. The number of hydrogen-bond acceptors (Lipinski definition) is 8. The number of nitrogens with one attached hydrogen (secondary N) is 4. The fourth-order valence-corrected chi connectivity index (χ4v) is 3.34. The minimum atomic E-state index is -1.27. The summed E-state index contributed by atoms with van der Waals surface area (Å²) in [6, 6.07) is -4.49. The van der Waals surface area contributed by atoms with E-state index in [1.54, 1.807) is 13.8 Å². The Kier molecular flexibility index (Phi) is 13.1. The topological polar surface area (TPSA) is 248 Å². The zero-order valence-corrected chi connectivity index (χ0v) is 20.7. The number of rotatable bonds is 17. The molecule has 14 nitrogen and oxygen atoms in total. The van der Waals surface area contributed by atoms with Gasteiger partial charge in [0, 0.05) is 24.7 Å². The van der Waals surface area contributed by atoms with E-state index < -0.39 is 59.7 Å². The molecular formula is C22H38N8O6. The average Bonchev–Trinajstić information content (AvgIpc) is 3.31. The van der Waals surface area contributed by atoms with Gasteiger partial charge in [-0.05, 0) is 31.7 Å². The Labute approximate surface area is 209 Å². The van der Waals surface area contributed by atoms with Crippen LogP contribution >= 0.6 is 0 Å². The summed E-state index contributed by atoms with van der Waals surface area (Å²) in [6.07, 6.45) is 4.21. The summed E-state index contributed by atoms with van der Waals surface area (Å²) in [4.78, 5) is 68.2. The number of nitrogens with two attached hydrogens (primary N) is 3. The standard InChI is InChI=1S/C22H38N8O6/c1-12(2)18(22(35)36)30-20(33)15(6-7-17(25)31)28-21(34)16(9-13-10-26-11-27-13)29-19(32)14(24)5-3-4-8-23/h10-12,14-16,18H,3-9,23-24H2,1-2H3,(H2,25,31)(H,26,27)(H,28,34)(H,29,32)(H,30,33)(H,35,36). The number of nitrogens with zero attached hydrogens (tertiary/aromatic N) is 1. The fraction of sp³-hybridized carbons (Fsp3) is 0.636. The molecule has 0 aliphatic heterocycles. The van der Waals surface area contributed by atoms with E-state index in [1.165, 1.54) is 12.5 Å². The Morgan fingerprint density at radius 2 is 1.64 bits per heavy atom. The first kappa shape index (κ1) is 30.5. The van der Waals surface area contributed by atoms with Gasteiger partial charge in [0.05, 0.1) is 12.4 Å². The zero-order chi connectivity index (χ0) is 27.3. The van der Waals surface area contributed by atoms with Crippen molar-refractivity contribution in [3.05, 3.63) is 18.2 Å². The van der Waals surface area contributed by atoms with Crippen LogP contribution in [-0.2, 0) is 30.4 Å². The Balaban J connectivity index is 3.04. The van der Waals surface area contributed by atoms with Crippen LogP contribution in [0.1, 0.15) is 51.6 Å². The molecular weight excluding hydrogens is 472 g/mol. The number of H-pyrrole nitrogens is 1. The molecule has 0 radical (unpaired) electrons. The zero-order valence-electron chi connectivity index (χ0n) is 20.7. The molecule has 0 saturated heterocycles. The van der Waals surface area contributed by atoms with Gasteiger partial charge in [-0.2, -0.15) is 0 Å². The predicted octanol–water partition coefficient (Wildman–Crippen LogP) is -2.13. The van der Waals surface area contributed by atoms with Gasteiger partial charge < -0.3 is 43.2 Å². The molecule has 1 aromatic rings. The maximum absolute atomic E-state index is 13.2. The van der Waals surface area contributed by atoms with Crippen molar-refractivity contribution in [2.45, 2.75) is 76.5 Å². The number of carbonyl (C=O) groups is 5. The van der Waals surface area contributed by atoms with E-state index in [-0.39, 0.29) is 19.3 Å². The van der Waals surface area contributed by atoms with Crippen LogP contribution in [0.4, 0.5) is 0 Å². The molecule has 4 atom stereocenters. The number of hydrogen-bond donors (Lipinski definition) is 8. The normalized spacial score (nSPS) is 14.4. The molecule has 0 saturated carbocycles. The number of primary amides is 1. The average molecular weight is 511 g/mol. The van der Waals surface area contributed by atoms with Gasteiger partial charge in [-0.15, -0.1) is 0 Å². The number of amides is 4.